The molecular formula is C19H28N4O2. The number of urea groups is 1. The molecule has 0 spiro atoms. The lowest BCUT2D eigenvalue weighted by molar-refractivity contribution is 0.128. The summed E-state index contributed by atoms with van der Waals surface area (Å²) in [7, 11) is 1.81. The third kappa shape index (κ3) is 5.06. The maximum atomic E-state index is 12.5. The number of nitrogens with one attached hydrogen (secondary N) is 1. The Balaban J connectivity index is 2.01. The van der Waals surface area contributed by atoms with Crippen LogP contribution < -0.4 is 5.32 Å². The number of likely N-dealkylation sites (N-methyl/N-ethyl adjacent to an activating group) is 1. The van der Waals surface area contributed by atoms with Crippen LogP contribution in [0.2, 0.25) is 0 Å². The molecule has 0 aliphatic carbocycles. The normalized spacial score (nSPS) is 12.0. The fraction of sp³-hybridized carbons (Fsp3) is 0.474. The Hall–Kier alpha value is -2.34. The molecule has 1 unspecified atom stereocenters. The minimum atomic E-state index is -0.714. The largest absolute Gasteiger partial charge is 0.387 e. The molecule has 2 amide bonds. The number of carbonyl (C=O) groups excluding carboxylic acids is 1. The van der Waals surface area contributed by atoms with E-state index in [2.05, 4.69) is 17.3 Å². The molecule has 0 fully saturated rings. The van der Waals surface area contributed by atoms with Crippen LogP contribution in [-0.2, 0) is 13.5 Å². The van der Waals surface area contributed by atoms with Crippen molar-refractivity contribution in [2.24, 2.45) is 7.05 Å². The molecule has 0 bridgehead atoms. The molecule has 2 rings (SSSR count). The Labute approximate surface area is 149 Å². The average Bonchev–Trinajstić information content (AvgIpc) is 2.92. The number of carbonyl (C=O) groups is 1. The van der Waals surface area contributed by atoms with Crippen molar-refractivity contribution in [2.75, 3.05) is 18.4 Å². The van der Waals surface area contributed by atoms with Gasteiger partial charge in [-0.05, 0) is 25.8 Å². The zero-order valence-corrected chi connectivity index (χ0v) is 15.5. The summed E-state index contributed by atoms with van der Waals surface area (Å²) in [5, 5.41) is 17.7. The van der Waals surface area contributed by atoms with Gasteiger partial charge in [-0.25, -0.2) is 4.79 Å². The van der Waals surface area contributed by atoms with Crippen molar-refractivity contribution >= 4 is 11.8 Å². The Morgan fingerprint density at radius 2 is 2.00 bits per heavy atom. The second kappa shape index (κ2) is 8.67. The first-order chi connectivity index (χ1) is 11.9. The first-order valence-electron chi connectivity index (χ1n) is 8.78. The quantitative estimate of drug-likeness (QED) is 0.810. The van der Waals surface area contributed by atoms with Gasteiger partial charge in [0, 0.05) is 19.7 Å². The van der Waals surface area contributed by atoms with Crippen LogP contribution in [0.15, 0.2) is 30.3 Å². The van der Waals surface area contributed by atoms with E-state index in [1.54, 1.807) is 9.58 Å². The number of aromatic nitrogens is 2. The SMILES string of the molecule is CCCc1cc(NC(=O)N(CC)CC(O)c2ccc(C)cc2)n(C)n1. The lowest BCUT2D eigenvalue weighted by Gasteiger charge is -2.24. The molecule has 6 heteroatoms. The molecular weight excluding hydrogens is 316 g/mol. The number of hydrogen-bond acceptors (Lipinski definition) is 3. The molecule has 0 saturated carbocycles. The van der Waals surface area contributed by atoms with E-state index in [1.165, 1.54) is 0 Å². The van der Waals surface area contributed by atoms with Gasteiger partial charge < -0.3 is 10.0 Å². The van der Waals surface area contributed by atoms with Crippen LogP contribution in [0.4, 0.5) is 10.6 Å². The number of benzene rings is 1. The van der Waals surface area contributed by atoms with Gasteiger partial charge in [0.1, 0.15) is 5.82 Å². The maximum Gasteiger partial charge on any atom is 0.323 e. The van der Waals surface area contributed by atoms with Crippen molar-refractivity contribution in [2.45, 2.75) is 39.7 Å². The molecule has 2 aromatic rings. The molecule has 1 aromatic heterocycles. The molecule has 136 valence electrons. The van der Waals surface area contributed by atoms with Crippen molar-refractivity contribution in [1.29, 1.82) is 0 Å². The van der Waals surface area contributed by atoms with Crippen molar-refractivity contribution in [3.05, 3.63) is 47.2 Å². The van der Waals surface area contributed by atoms with Gasteiger partial charge in [0.15, 0.2) is 0 Å². The van der Waals surface area contributed by atoms with Crippen LogP contribution in [0.5, 0.6) is 0 Å². The first-order valence-corrected chi connectivity index (χ1v) is 8.78. The minimum Gasteiger partial charge on any atom is -0.387 e. The van der Waals surface area contributed by atoms with E-state index in [0.29, 0.717) is 12.4 Å². The summed E-state index contributed by atoms with van der Waals surface area (Å²) in [6.07, 6.45) is 1.18. The van der Waals surface area contributed by atoms with Gasteiger partial charge in [-0.3, -0.25) is 10.00 Å². The molecule has 2 N–H and O–H groups in total. The van der Waals surface area contributed by atoms with E-state index in [0.717, 1.165) is 29.7 Å². The standard InChI is InChI=1S/C19H28N4O2/c1-5-7-16-12-18(22(4)21-16)20-19(25)23(6-2)13-17(24)15-10-8-14(3)9-11-15/h8-12,17,24H,5-7,13H2,1-4H3,(H,20,25). The minimum absolute atomic E-state index is 0.236. The van der Waals surface area contributed by atoms with Gasteiger partial charge in [-0.2, -0.15) is 5.10 Å². The predicted molar refractivity (Wildman–Crippen MR) is 99.6 cm³/mol. The van der Waals surface area contributed by atoms with E-state index in [1.807, 2.05) is 51.2 Å². The number of anilines is 1. The van der Waals surface area contributed by atoms with Crippen LogP contribution in [0.3, 0.4) is 0 Å². The molecule has 0 radical (unpaired) electrons. The van der Waals surface area contributed by atoms with E-state index >= 15 is 0 Å². The molecule has 6 nitrogen and oxygen atoms in total. The van der Waals surface area contributed by atoms with Crippen molar-refractivity contribution in [3.63, 3.8) is 0 Å². The van der Waals surface area contributed by atoms with Gasteiger partial charge in [0.25, 0.3) is 0 Å². The second-order valence-electron chi connectivity index (χ2n) is 6.29. The van der Waals surface area contributed by atoms with E-state index in [9.17, 15) is 9.90 Å². The predicted octanol–water partition coefficient (Wildman–Crippen LogP) is 3.27. The summed E-state index contributed by atoms with van der Waals surface area (Å²) in [5.74, 6) is 0.664. The number of nitrogens with zero attached hydrogens (tertiary/aromatic N) is 3. The van der Waals surface area contributed by atoms with Crippen LogP contribution >= 0.6 is 0 Å². The molecule has 0 saturated heterocycles. The summed E-state index contributed by atoms with van der Waals surface area (Å²) in [4.78, 5) is 14.1. The fourth-order valence-electron chi connectivity index (χ4n) is 2.67. The number of hydrogen-bond donors (Lipinski definition) is 2. The van der Waals surface area contributed by atoms with Crippen LogP contribution in [0.1, 0.15) is 43.2 Å². The van der Waals surface area contributed by atoms with E-state index < -0.39 is 6.10 Å². The smallest absolute Gasteiger partial charge is 0.323 e. The van der Waals surface area contributed by atoms with E-state index in [-0.39, 0.29) is 12.6 Å². The number of aliphatic hydroxyl groups excluding tert-OH is 1. The van der Waals surface area contributed by atoms with Crippen molar-refractivity contribution in [1.82, 2.24) is 14.7 Å². The summed E-state index contributed by atoms with van der Waals surface area (Å²) in [6.45, 7) is 6.74. The maximum absolute atomic E-state index is 12.5. The van der Waals surface area contributed by atoms with Crippen LogP contribution in [0.25, 0.3) is 0 Å². The van der Waals surface area contributed by atoms with E-state index in [4.69, 9.17) is 0 Å². The van der Waals surface area contributed by atoms with Gasteiger partial charge in [0.05, 0.1) is 18.3 Å². The van der Waals surface area contributed by atoms with Gasteiger partial charge in [-0.1, -0.05) is 43.2 Å². The zero-order chi connectivity index (χ0) is 18.4. The highest BCUT2D eigenvalue weighted by molar-refractivity contribution is 5.88. The summed E-state index contributed by atoms with van der Waals surface area (Å²) >= 11 is 0. The molecule has 0 aliphatic heterocycles. The third-order valence-corrected chi connectivity index (χ3v) is 4.20. The van der Waals surface area contributed by atoms with Crippen molar-refractivity contribution in [3.8, 4) is 0 Å². The number of amides is 2. The zero-order valence-electron chi connectivity index (χ0n) is 15.5. The summed E-state index contributed by atoms with van der Waals surface area (Å²) < 4.78 is 1.67. The highest BCUT2D eigenvalue weighted by atomic mass is 16.3. The van der Waals surface area contributed by atoms with Gasteiger partial charge in [-0.15, -0.1) is 0 Å². The molecule has 1 heterocycles. The summed E-state index contributed by atoms with van der Waals surface area (Å²) in [5.41, 5.74) is 2.91. The monoisotopic (exact) mass is 344 g/mol. The van der Waals surface area contributed by atoms with Crippen molar-refractivity contribution < 1.29 is 9.90 Å². The van der Waals surface area contributed by atoms with Crippen LogP contribution in [-0.4, -0.2) is 38.9 Å². The Morgan fingerprint density at radius 3 is 2.60 bits per heavy atom. The number of rotatable bonds is 7. The molecule has 25 heavy (non-hydrogen) atoms. The highest BCUT2D eigenvalue weighted by Crippen LogP contribution is 2.16. The molecule has 1 atom stereocenters. The highest BCUT2D eigenvalue weighted by Gasteiger charge is 2.18. The Bertz CT molecular complexity index is 694. The Morgan fingerprint density at radius 1 is 1.32 bits per heavy atom. The summed E-state index contributed by atoms with van der Waals surface area (Å²) in [6, 6.07) is 9.36. The third-order valence-electron chi connectivity index (χ3n) is 4.20. The van der Waals surface area contributed by atoms with Crippen LogP contribution in [0, 0.1) is 6.92 Å². The van der Waals surface area contributed by atoms with Gasteiger partial charge in [0.2, 0.25) is 0 Å². The fourth-order valence-corrected chi connectivity index (χ4v) is 2.67. The average molecular weight is 344 g/mol. The topological polar surface area (TPSA) is 70.4 Å². The molecule has 0 aliphatic rings. The number of aryl methyl sites for hydroxylation is 3. The Kier molecular flexibility index (Phi) is 6.58. The second-order valence-corrected chi connectivity index (χ2v) is 6.29. The van der Waals surface area contributed by atoms with Gasteiger partial charge >= 0.3 is 6.03 Å². The lowest BCUT2D eigenvalue weighted by Crippen LogP contribution is -2.38. The number of aliphatic hydroxyl groups is 1. The lowest BCUT2D eigenvalue weighted by atomic mass is 10.1. The molecule has 1 aromatic carbocycles. The first kappa shape index (κ1) is 19.0.